The number of carbonyl (C=O) groups excluding carboxylic acids is 3. The molecule has 0 spiro atoms. The molecule has 0 saturated carbocycles. The van der Waals surface area contributed by atoms with Gasteiger partial charge in [-0.2, -0.15) is 0 Å². The molecule has 1 amide bonds. The number of non-ortho nitro benzene ring substituents is 1. The molecule has 10 heteroatoms. The Morgan fingerprint density at radius 2 is 1.85 bits per heavy atom. The smallest absolute Gasteiger partial charge is 0.339 e. The molecule has 0 atom stereocenters. The van der Waals surface area contributed by atoms with Crippen LogP contribution in [0.1, 0.15) is 59.8 Å². The minimum Gasteiger partial charge on any atom is -0.466 e. The summed E-state index contributed by atoms with van der Waals surface area (Å²) < 4.78 is 10.3. The van der Waals surface area contributed by atoms with Gasteiger partial charge >= 0.3 is 11.9 Å². The summed E-state index contributed by atoms with van der Waals surface area (Å²) in [6.45, 7) is 1.85. The first kappa shape index (κ1) is 27.4. The first-order chi connectivity index (χ1) is 18.9. The number of amides is 1. The fraction of sp³-hybridized carbons (Fsp3) is 0.310. The number of ether oxygens (including phenoxy) is 2. The summed E-state index contributed by atoms with van der Waals surface area (Å²) in [5.41, 5.74) is 4.19. The third-order valence-electron chi connectivity index (χ3n) is 6.34. The van der Waals surface area contributed by atoms with Crippen molar-refractivity contribution in [2.24, 2.45) is 0 Å². The number of pyridine rings is 1. The Labute approximate surface area is 225 Å². The van der Waals surface area contributed by atoms with E-state index in [0.717, 1.165) is 29.5 Å². The van der Waals surface area contributed by atoms with Crippen LogP contribution in [0.25, 0.3) is 22.6 Å². The van der Waals surface area contributed by atoms with Crippen molar-refractivity contribution in [3.63, 3.8) is 0 Å². The van der Waals surface area contributed by atoms with Gasteiger partial charge in [-0.1, -0.05) is 18.2 Å². The number of nitro groups is 1. The van der Waals surface area contributed by atoms with Crippen LogP contribution in [0.4, 0.5) is 5.69 Å². The van der Waals surface area contributed by atoms with Gasteiger partial charge in [-0.25, -0.2) is 9.78 Å². The summed E-state index contributed by atoms with van der Waals surface area (Å²) in [6, 6.07) is 13.6. The summed E-state index contributed by atoms with van der Waals surface area (Å²) in [7, 11) is 0. The highest BCUT2D eigenvalue weighted by molar-refractivity contribution is 6.07. The van der Waals surface area contributed by atoms with Crippen LogP contribution in [0.15, 0.2) is 48.5 Å². The predicted molar refractivity (Wildman–Crippen MR) is 145 cm³/mol. The molecule has 1 N–H and O–H groups in total. The van der Waals surface area contributed by atoms with Crippen molar-refractivity contribution in [1.29, 1.82) is 0 Å². The first-order valence-electron chi connectivity index (χ1n) is 12.8. The Hall–Kier alpha value is -4.60. The molecular weight excluding hydrogens is 502 g/mol. The van der Waals surface area contributed by atoms with Crippen LogP contribution >= 0.6 is 0 Å². The molecule has 0 aliphatic heterocycles. The maximum absolute atomic E-state index is 13.3. The second-order valence-corrected chi connectivity index (χ2v) is 9.04. The van der Waals surface area contributed by atoms with Crippen molar-refractivity contribution in [2.45, 2.75) is 39.0 Å². The number of allylic oxidation sites excluding steroid dienone is 1. The molecule has 4 rings (SSSR count). The van der Waals surface area contributed by atoms with Crippen LogP contribution in [-0.4, -0.2) is 47.5 Å². The fourth-order valence-corrected chi connectivity index (χ4v) is 4.55. The van der Waals surface area contributed by atoms with E-state index >= 15 is 0 Å². The van der Waals surface area contributed by atoms with E-state index in [0.29, 0.717) is 41.6 Å². The van der Waals surface area contributed by atoms with E-state index < -0.39 is 23.4 Å². The molecular formula is C29H29N3O7. The van der Waals surface area contributed by atoms with Crippen molar-refractivity contribution in [3.8, 4) is 0 Å². The number of rotatable bonds is 10. The zero-order valence-corrected chi connectivity index (χ0v) is 21.6. The summed E-state index contributed by atoms with van der Waals surface area (Å²) >= 11 is 0. The number of nitro benzene ring substituents is 1. The number of benzene rings is 2. The highest BCUT2D eigenvalue weighted by Crippen LogP contribution is 2.36. The predicted octanol–water partition coefficient (Wildman–Crippen LogP) is 4.64. The van der Waals surface area contributed by atoms with Gasteiger partial charge in [0.05, 0.1) is 28.3 Å². The number of hydrogen-bond donors (Lipinski definition) is 1. The minimum absolute atomic E-state index is 0.0124. The number of para-hydroxylation sites is 1. The van der Waals surface area contributed by atoms with E-state index in [1.807, 2.05) is 30.3 Å². The minimum atomic E-state index is -0.608. The summed E-state index contributed by atoms with van der Waals surface area (Å²) in [5.74, 6) is -1.39. The number of nitrogens with one attached hydrogen (secondary N) is 1. The van der Waals surface area contributed by atoms with Gasteiger partial charge in [-0.3, -0.25) is 19.7 Å². The van der Waals surface area contributed by atoms with Crippen LogP contribution in [-0.2, 0) is 25.5 Å². The number of fused-ring (bicyclic) bond motifs is 2. The summed E-state index contributed by atoms with van der Waals surface area (Å²) in [5, 5.41) is 14.3. The molecule has 0 radical (unpaired) electrons. The van der Waals surface area contributed by atoms with Gasteiger partial charge in [0.25, 0.3) is 11.6 Å². The van der Waals surface area contributed by atoms with Gasteiger partial charge in [-0.15, -0.1) is 0 Å². The van der Waals surface area contributed by atoms with E-state index in [2.05, 4.69) is 5.32 Å². The lowest BCUT2D eigenvalue weighted by Gasteiger charge is -2.22. The van der Waals surface area contributed by atoms with Crippen molar-refractivity contribution in [3.05, 3.63) is 81.0 Å². The normalized spacial score (nSPS) is 13.5. The molecule has 1 aliphatic carbocycles. The van der Waals surface area contributed by atoms with E-state index in [-0.39, 0.29) is 24.6 Å². The van der Waals surface area contributed by atoms with Crippen LogP contribution in [0.3, 0.4) is 0 Å². The number of aromatic nitrogens is 1. The SMILES string of the molecule is CCOC(=O)CCCNC(=O)COC(=O)c1c2c(nc3ccccc13)C(=Cc1ccc([N+](=O)[O-])cc1)CCC2. The maximum Gasteiger partial charge on any atom is 0.339 e. The molecule has 3 aromatic rings. The molecule has 0 bridgehead atoms. The zero-order valence-electron chi connectivity index (χ0n) is 21.6. The highest BCUT2D eigenvalue weighted by Gasteiger charge is 2.26. The Kier molecular flexibility index (Phi) is 8.98. The lowest BCUT2D eigenvalue weighted by molar-refractivity contribution is -0.384. The molecule has 1 aromatic heterocycles. The van der Waals surface area contributed by atoms with Gasteiger partial charge in [0.1, 0.15) is 0 Å². The molecule has 39 heavy (non-hydrogen) atoms. The third kappa shape index (κ3) is 6.84. The van der Waals surface area contributed by atoms with Gasteiger partial charge in [0.15, 0.2) is 6.61 Å². The number of hydrogen-bond acceptors (Lipinski definition) is 8. The lowest BCUT2D eigenvalue weighted by atomic mass is 9.86. The quantitative estimate of drug-likeness (QED) is 0.173. The lowest BCUT2D eigenvalue weighted by Crippen LogP contribution is -2.30. The van der Waals surface area contributed by atoms with Gasteiger partial charge < -0.3 is 14.8 Å². The van der Waals surface area contributed by atoms with E-state index in [4.69, 9.17) is 14.5 Å². The third-order valence-corrected chi connectivity index (χ3v) is 6.34. The molecule has 0 fully saturated rings. The Morgan fingerprint density at radius 1 is 1.08 bits per heavy atom. The molecule has 2 aromatic carbocycles. The maximum atomic E-state index is 13.3. The van der Waals surface area contributed by atoms with Gasteiger partial charge in [0.2, 0.25) is 0 Å². The average molecular weight is 532 g/mol. The van der Waals surface area contributed by atoms with Gasteiger partial charge in [-0.05, 0) is 73.6 Å². The van der Waals surface area contributed by atoms with Crippen LogP contribution in [0.2, 0.25) is 0 Å². The van der Waals surface area contributed by atoms with Crippen molar-refractivity contribution >= 4 is 46.1 Å². The largest absolute Gasteiger partial charge is 0.466 e. The standard InChI is InChI=1S/C29H29N3O7/c1-2-38-26(34)11-6-16-30-25(33)18-39-29(35)27-22-8-3-4-10-24(22)31-28-20(7-5-9-23(27)28)17-19-12-14-21(15-13-19)32(36)37/h3-4,8,10,12-15,17H,2,5-7,9,11,16,18H2,1H3,(H,30,33). The molecule has 1 aliphatic rings. The van der Waals surface area contributed by atoms with E-state index in [1.165, 1.54) is 12.1 Å². The fourth-order valence-electron chi connectivity index (χ4n) is 4.55. The molecule has 202 valence electrons. The topological polar surface area (TPSA) is 138 Å². The van der Waals surface area contributed by atoms with E-state index in [1.54, 1.807) is 19.1 Å². The number of esters is 2. The second-order valence-electron chi connectivity index (χ2n) is 9.04. The molecule has 0 unspecified atom stereocenters. The van der Waals surface area contributed by atoms with Crippen LogP contribution in [0, 0.1) is 10.1 Å². The molecule has 10 nitrogen and oxygen atoms in total. The van der Waals surface area contributed by atoms with Gasteiger partial charge in [0, 0.05) is 30.5 Å². The second kappa shape index (κ2) is 12.8. The zero-order chi connectivity index (χ0) is 27.8. The van der Waals surface area contributed by atoms with Crippen LogP contribution < -0.4 is 5.32 Å². The van der Waals surface area contributed by atoms with Crippen molar-refractivity contribution < 1.29 is 28.8 Å². The van der Waals surface area contributed by atoms with E-state index in [9.17, 15) is 24.5 Å². The van der Waals surface area contributed by atoms with Crippen molar-refractivity contribution in [1.82, 2.24) is 10.3 Å². The van der Waals surface area contributed by atoms with Crippen molar-refractivity contribution in [2.75, 3.05) is 19.8 Å². The molecule has 1 heterocycles. The number of carbonyl (C=O) groups is 3. The summed E-state index contributed by atoms with van der Waals surface area (Å²) in [6.07, 6.45) is 4.69. The average Bonchev–Trinajstić information content (AvgIpc) is 2.93. The Morgan fingerprint density at radius 3 is 2.59 bits per heavy atom. The monoisotopic (exact) mass is 531 g/mol. The van der Waals surface area contributed by atoms with Crippen LogP contribution in [0.5, 0.6) is 0 Å². The molecule has 0 saturated heterocycles. The first-order valence-corrected chi connectivity index (χ1v) is 12.8. The Bertz CT molecular complexity index is 1430. The highest BCUT2D eigenvalue weighted by atomic mass is 16.6. The summed E-state index contributed by atoms with van der Waals surface area (Å²) in [4.78, 5) is 52.4. The number of nitrogens with zero attached hydrogens (tertiary/aromatic N) is 2. The Balaban J connectivity index is 1.54.